The van der Waals surface area contributed by atoms with Crippen molar-refractivity contribution in [2.24, 2.45) is 17.3 Å². The number of benzene rings is 1. The Balaban J connectivity index is 1.26. The molecule has 2 aromatic rings. The summed E-state index contributed by atoms with van der Waals surface area (Å²) in [6, 6.07) is 5.53. The van der Waals surface area contributed by atoms with Crippen LogP contribution in [0.15, 0.2) is 24.3 Å². The minimum absolute atomic E-state index is 0.0105. The number of nitrogens with zero attached hydrogens (tertiary/aromatic N) is 3. The summed E-state index contributed by atoms with van der Waals surface area (Å²) in [6.07, 6.45) is 4.21. The second-order valence-electron chi connectivity index (χ2n) is 17.1. The first kappa shape index (κ1) is 40.1. The first-order chi connectivity index (χ1) is 26.6. The number of sulfonamides is 1. The summed E-state index contributed by atoms with van der Waals surface area (Å²) in [5.41, 5.74) is -2.20. The molecule has 3 N–H and O–H groups in total. The Morgan fingerprint density at radius 3 is 2.32 bits per heavy atom. The van der Waals surface area contributed by atoms with Gasteiger partial charge in [-0.05, 0) is 68.4 Å². The van der Waals surface area contributed by atoms with Crippen LogP contribution in [-0.4, -0.2) is 89.7 Å². The Morgan fingerprint density at radius 2 is 1.59 bits per heavy atom. The number of amides is 4. The molecule has 7 rings (SSSR count). The summed E-state index contributed by atoms with van der Waals surface area (Å²) in [5, 5.41) is 4.95. The highest BCUT2D eigenvalue weighted by atomic mass is 32.2. The number of alkyl halides is 2. The fraction of sp³-hybridized carbons (Fsp3) is 0.692. The van der Waals surface area contributed by atoms with Crippen LogP contribution < -0.4 is 20.1 Å². The number of cyclic esters (lactones) is 1. The lowest BCUT2D eigenvalue weighted by atomic mass is 9.87. The van der Waals surface area contributed by atoms with E-state index in [0.29, 0.717) is 50.5 Å². The largest absolute Gasteiger partial charge is 0.470 e. The Hall–Kier alpha value is -4.15. The third kappa shape index (κ3) is 8.86. The summed E-state index contributed by atoms with van der Waals surface area (Å²) in [4.78, 5) is 65.9. The van der Waals surface area contributed by atoms with E-state index < -0.39 is 92.0 Å². The average molecular weight is 803 g/mol. The van der Waals surface area contributed by atoms with Crippen molar-refractivity contribution >= 4 is 44.9 Å². The molecule has 5 atom stereocenters. The van der Waals surface area contributed by atoms with E-state index in [2.05, 4.69) is 25.3 Å². The standard InChI is InChI=1S/C39H52F2N6O8S/c1-37(2)18-10-11-19-39(40,41)31-33(43-28-14-9-8-13-27(28)42-31)55-30-22-47-21-26(30)32(48)45-38(35(50)46-56(52,53)25-16-17-25)20-24(38)12-6-4-3-5-7-15-29(34(47)49)44-36(51)54-23-37/h8-9,13-14,24-26,29-30H,3-7,10-12,15-23H2,1-2H3,(H,44,51)(H,45,48)(H,46,50)/t24-,26?,29+,30+,38-/m1/s1. The number of halogens is 2. The molecule has 14 nitrogen and oxygen atoms in total. The number of aromatic nitrogens is 2. The molecule has 56 heavy (non-hydrogen) atoms. The number of rotatable bonds is 3. The maximum Gasteiger partial charge on any atom is 0.407 e. The van der Waals surface area contributed by atoms with Crippen LogP contribution in [-0.2, 0) is 35.1 Å². The quantitative estimate of drug-likeness (QED) is 0.388. The topological polar surface area (TPSA) is 186 Å². The number of alkyl carbamates (subject to hydrolysis) is 1. The molecule has 306 valence electrons. The Bertz CT molecular complexity index is 1960. The van der Waals surface area contributed by atoms with Crippen molar-refractivity contribution in [2.75, 3.05) is 19.7 Å². The van der Waals surface area contributed by atoms with Crippen LogP contribution in [0.1, 0.15) is 109 Å². The van der Waals surface area contributed by atoms with Crippen molar-refractivity contribution in [3.8, 4) is 5.88 Å². The van der Waals surface area contributed by atoms with E-state index in [1.807, 2.05) is 13.8 Å². The van der Waals surface area contributed by atoms with E-state index in [0.717, 1.165) is 25.7 Å². The van der Waals surface area contributed by atoms with Crippen molar-refractivity contribution in [3.05, 3.63) is 30.0 Å². The number of nitrogens with one attached hydrogen (secondary N) is 3. The molecule has 4 heterocycles. The van der Waals surface area contributed by atoms with E-state index in [1.165, 1.54) is 4.90 Å². The van der Waals surface area contributed by atoms with Crippen LogP contribution in [0.3, 0.4) is 0 Å². The van der Waals surface area contributed by atoms with Gasteiger partial charge in [0.05, 0.1) is 35.4 Å². The molecule has 2 aliphatic carbocycles. The zero-order valence-corrected chi connectivity index (χ0v) is 32.8. The molecule has 2 saturated heterocycles. The van der Waals surface area contributed by atoms with Gasteiger partial charge >= 0.3 is 6.09 Å². The van der Waals surface area contributed by atoms with Gasteiger partial charge in [0.25, 0.3) is 11.8 Å². The van der Waals surface area contributed by atoms with Crippen molar-refractivity contribution < 1.29 is 45.9 Å². The number of para-hydroxylation sites is 2. The Labute approximate surface area is 325 Å². The lowest BCUT2D eigenvalue weighted by Gasteiger charge is -2.27. The zero-order chi connectivity index (χ0) is 39.9. The van der Waals surface area contributed by atoms with Crippen molar-refractivity contribution in [1.82, 2.24) is 30.2 Å². The van der Waals surface area contributed by atoms with Crippen molar-refractivity contribution in [3.63, 3.8) is 0 Å². The van der Waals surface area contributed by atoms with Crippen LogP contribution in [0.2, 0.25) is 0 Å². The van der Waals surface area contributed by atoms with Gasteiger partial charge in [-0.1, -0.05) is 64.5 Å². The molecular weight excluding hydrogens is 751 g/mol. The van der Waals surface area contributed by atoms with Crippen LogP contribution in [0.5, 0.6) is 5.88 Å². The van der Waals surface area contributed by atoms with Crippen LogP contribution >= 0.6 is 0 Å². The van der Waals surface area contributed by atoms with Gasteiger partial charge in [0.15, 0.2) is 5.69 Å². The summed E-state index contributed by atoms with van der Waals surface area (Å²) in [7, 11) is -3.93. The van der Waals surface area contributed by atoms with Crippen molar-refractivity contribution in [2.45, 2.75) is 133 Å². The van der Waals surface area contributed by atoms with Crippen LogP contribution in [0.25, 0.3) is 11.0 Å². The third-order valence-electron chi connectivity index (χ3n) is 11.9. The highest BCUT2D eigenvalue weighted by molar-refractivity contribution is 7.91. The normalized spacial score (nSPS) is 30.4. The maximum absolute atomic E-state index is 16.3. The smallest absolute Gasteiger partial charge is 0.407 e. The fourth-order valence-corrected chi connectivity index (χ4v) is 9.63. The molecule has 4 amide bonds. The van der Waals surface area contributed by atoms with E-state index in [9.17, 15) is 27.6 Å². The first-order valence-electron chi connectivity index (χ1n) is 20.0. The summed E-state index contributed by atoms with van der Waals surface area (Å²) >= 11 is 0. The highest BCUT2D eigenvalue weighted by Crippen LogP contribution is 2.48. The number of carbonyl (C=O) groups is 4. The van der Waals surface area contributed by atoms with Gasteiger partial charge in [0, 0.05) is 13.0 Å². The molecule has 2 saturated carbocycles. The van der Waals surface area contributed by atoms with Crippen LogP contribution in [0, 0.1) is 17.3 Å². The van der Waals surface area contributed by atoms with Crippen LogP contribution in [0.4, 0.5) is 13.6 Å². The van der Waals surface area contributed by atoms with E-state index in [1.54, 1.807) is 24.3 Å². The van der Waals surface area contributed by atoms with Crippen molar-refractivity contribution in [1.29, 1.82) is 0 Å². The fourth-order valence-electron chi connectivity index (χ4n) is 8.27. The Morgan fingerprint density at radius 1 is 0.911 bits per heavy atom. The highest BCUT2D eigenvalue weighted by Gasteiger charge is 2.62. The monoisotopic (exact) mass is 802 g/mol. The third-order valence-corrected chi connectivity index (χ3v) is 13.8. The molecule has 1 aromatic heterocycles. The molecular formula is C39H52F2N6O8S. The zero-order valence-electron chi connectivity index (χ0n) is 32.0. The van der Waals surface area contributed by atoms with Gasteiger partial charge in [-0.25, -0.2) is 23.2 Å². The van der Waals surface area contributed by atoms with Gasteiger partial charge in [0.1, 0.15) is 17.7 Å². The molecule has 4 bridgehead atoms. The number of fused-ring (bicyclic) bond motifs is 7. The minimum Gasteiger partial charge on any atom is -0.470 e. The number of carbonyl (C=O) groups excluding carboxylic acids is 4. The number of ether oxygens (including phenoxy) is 2. The van der Waals surface area contributed by atoms with E-state index in [4.69, 9.17) is 9.47 Å². The lowest BCUT2D eigenvalue weighted by Crippen LogP contribution is -2.55. The summed E-state index contributed by atoms with van der Waals surface area (Å²) < 4.78 is 72.4. The van der Waals surface area contributed by atoms with Gasteiger partial charge in [-0.15, -0.1) is 0 Å². The second kappa shape index (κ2) is 15.7. The Kier molecular flexibility index (Phi) is 11.2. The van der Waals surface area contributed by atoms with Gasteiger partial charge in [0.2, 0.25) is 27.7 Å². The predicted molar refractivity (Wildman–Crippen MR) is 200 cm³/mol. The maximum atomic E-state index is 16.3. The molecule has 1 unspecified atom stereocenters. The number of hydrogen-bond acceptors (Lipinski definition) is 10. The minimum atomic E-state index is -3.93. The first-order valence-corrected chi connectivity index (χ1v) is 21.5. The lowest BCUT2D eigenvalue weighted by molar-refractivity contribution is -0.134. The SMILES string of the molecule is CC1(C)CCCCC(F)(F)c2nc3ccccc3nc2O[C@H]2CN3CC2C(=O)N[C@]2(C(=O)NS(=O)(=O)C4CC4)C[C@H]2CCCCCCC[C@H](NC(=O)OC1)C3=O. The van der Waals surface area contributed by atoms with E-state index in [-0.39, 0.29) is 44.0 Å². The molecule has 4 fully saturated rings. The molecule has 3 aliphatic heterocycles. The van der Waals surface area contributed by atoms with Gasteiger partial charge in [-0.3, -0.25) is 19.1 Å². The van der Waals surface area contributed by atoms with Gasteiger partial charge < -0.3 is 25.0 Å². The predicted octanol–water partition coefficient (Wildman–Crippen LogP) is 4.85. The molecule has 5 aliphatic rings. The molecule has 0 spiro atoms. The summed E-state index contributed by atoms with van der Waals surface area (Å²) in [6.45, 7) is 3.32. The van der Waals surface area contributed by atoms with E-state index >= 15 is 8.78 Å². The molecule has 0 radical (unpaired) electrons. The molecule has 17 heteroatoms. The molecule has 1 aromatic carbocycles. The average Bonchev–Trinajstić information content (AvgIpc) is 4.07. The summed E-state index contributed by atoms with van der Waals surface area (Å²) in [5.74, 6) is -7.47. The second-order valence-corrected chi connectivity index (χ2v) is 19.1. The van der Waals surface area contributed by atoms with Gasteiger partial charge in [-0.2, -0.15) is 8.78 Å². The number of hydrogen-bond donors (Lipinski definition) is 3.